The van der Waals surface area contributed by atoms with Crippen molar-refractivity contribution >= 4 is 21.8 Å². The van der Waals surface area contributed by atoms with Crippen LogP contribution >= 0.6 is 0 Å². The molecule has 2 nitrogen and oxygen atoms in total. The van der Waals surface area contributed by atoms with E-state index < -0.39 is 0 Å². The van der Waals surface area contributed by atoms with Crippen LogP contribution in [-0.4, -0.2) is 4.98 Å². The minimum Gasteiger partial charge on any atom is -0.456 e. The summed E-state index contributed by atoms with van der Waals surface area (Å²) >= 11 is 0. The molecule has 7 rings (SSSR count). The largest absolute Gasteiger partial charge is 0.456 e. The molecule has 7 aromatic rings. The van der Waals surface area contributed by atoms with Crippen LogP contribution in [0.15, 0.2) is 146 Å². The molecular weight excluding hydrogens is 474 g/mol. The van der Waals surface area contributed by atoms with Gasteiger partial charge < -0.3 is 9.72 Å². The summed E-state index contributed by atoms with van der Waals surface area (Å²) in [5.41, 5.74) is 9.28. The summed E-state index contributed by atoms with van der Waals surface area (Å²) < 4.78 is 6.79. The second-order valence-electron chi connectivity index (χ2n) is 9.81. The summed E-state index contributed by atoms with van der Waals surface area (Å²) in [5, 5.41) is 2.50. The third-order valence-corrected chi connectivity index (χ3v) is 7.36. The fourth-order valence-electron chi connectivity index (χ4n) is 5.52. The van der Waals surface area contributed by atoms with Gasteiger partial charge in [0.25, 0.3) is 0 Å². The molecule has 0 fully saturated rings. The zero-order valence-electron chi connectivity index (χ0n) is 21.5. The van der Waals surface area contributed by atoms with E-state index in [-0.39, 0.29) is 0 Å². The standard InChI is InChI=1S/C37H27NO/c1-4-13-26(14-5-1)31-24-23-29(25-28-17-12-21-33-32-20-10-11-22-34(32)38-36(28)33)37(39-30-18-8-3-9-19-30)35(31)27-15-6-2-7-16-27/h1-24,38H,25H2. The van der Waals surface area contributed by atoms with Crippen molar-refractivity contribution in [3.05, 3.63) is 157 Å². The Balaban J connectivity index is 1.46. The fourth-order valence-corrected chi connectivity index (χ4v) is 5.52. The predicted molar refractivity (Wildman–Crippen MR) is 162 cm³/mol. The molecule has 0 unspecified atom stereocenters. The maximum atomic E-state index is 6.79. The minimum atomic E-state index is 0.737. The Hall–Kier alpha value is -5.08. The maximum Gasteiger partial charge on any atom is 0.139 e. The molecule has 1 heterocycles. The summed E-state index contributed by atoms with van der Waals surface area (Å²) in [7, 11) is 0. The Morgan fingerprint density at radius 2 is 1.13 bits per heavy atom. The van der Waals surface area contributed by atoms with Gasteiger partial charge in [-0.3, -0.25) is 0 Å². The number of nitrogens with one attached hydrogen (secondary N) is 1. The average molecular weight is 502 g/mol. The molecule has 0 amide bonds. The van der Waals surface area contributed by atoms with Crippen LogP contribution in [0.25, 0.3) is 44.1 Å². The molecular formula is C37H27NO. The Labute approximate surface area is 228 Å². The molecule has 0 bridgehead atoms. The quantitative estimate of drug-likeness (QED) is 0.241. The van der Waals surface area contributed by atoms with Gasteiger partial charge in [-0.1, -0.05) is 127 Å². The predicted octanol–water partition coefficient (Wildman–Crippen LogP) is 10.0. The highest BCUT2D eigenvalue weighted by atomic mass is 16.5. The van der Waals surface area contributed by atoms with Crippen LogP contribution < -0.4 is 4.74 Å². The summed E-state index contributed by atoms with van der Waals surface area (Å²) in [6, 6.07) is 50.8. The fraction of sp³-hybridized carbons (Fsp3) is 0.0270. The third kappa shape index (κ3) is 4.36. The van der Waals surface area contributed by atoms with Gasteiger partial charge in [-0.05, 0) is 46.0 Å². The first-order valence-electron chi connectivity index (χ1n) is 13.3. The van der Waals surface area contributed by atoms with Crippen LogP contribution in [0, 0.1) is 0 Å². The first-order valence-corrected chi connectivity index (χ1v) is 13.3. The van der Waals surface area contributed by atoms with Crippen LogP contribution in [0.5, 0.6) is 11.5 Å². The molecule has 0 spiro atoms. The van der Waals surface area contributed by atoms with Crippen molar-refractivity contribution in [1.82, 2.24) is 4.98 Å². The number of ether oxygens (including phenoxy) is 1. The van der Waals surface area contributed by atoms with Crippen molar-refractivity contribution in [2.24, 2.45) is 0 Å². The second-order valence-corrected chi connectivity index (χ2v) is 9.81. The summed E-state index contributed by atoms with van der Waals surface area (Å²) in [6.45, 7) is 0. The van der Waals surface area contributed by atoms with E-state index in [9.17, 15) is 0 Å². The molecule has 0 aliphatic rings. The third-order valence-electron chi connectivity index (χ3n) is 7.36. The van der Waals surface area contributed by atoms with Gasteiger partial charge in [0.2, 0.25) is 0 Å². The van der Waals surface area contributed by atoms with E-state index in [0.29, 0.717) is 0 Å². The number of rotatable bonds is 6. The van der Waals surface area contributed by atoms with Gasteiger partial charge in [0.1, 0.15) is 11.5 Å². The number of benzene rings is 6. The van der Waals surface area contributed by atoms with Crippen molar-refractivity contribution in [1.29, 1.82) is 0 Å². The minimum absolute atomic E-state index is 0.737. The first-order chi connectivity index (χ1) is 19.3. The van der Waals surface area contributed by atoms with Gasteiger partial charge >= 0.3 is 0 Å². The van der Waals surface area contributed by atoms with E-state index in [2.05, 4.69) is 120 Å². The first kappa shape index (κ1) is 23.1. The van der Waals surface area contributed by atoms with Crippen LogP contribution in [0.2, 0.25) is 0 Å². The van der Waals surface area contributed by atoms with Gasteiger partial charge in [-0.25, -0.2) is 0 Å². The van der Waals surface area contributed by atoms with E-state index in [0.717, 1.165) is 45.7 Å². The molecule has 186 valence electrons. The average Bonchev–Trinajstić information content (AvgIpc) is 3.39. The molecule has 0 atom stereocenters. The molecule has 0 aliphatic carbocycles. The Bertz CT molecular complexity index is 1890. The van der Waals surface area contributed by atoms with Gasteiger partial charge in [0.05, 0.1) is 5.52 Å². The van der Waals surface area contributed by atoms with Crippen molar-refractivity contribution in [2.75, 3.05) is 0 Å². The summed E-state index contributed by atoms with van der Waals surface area (Å²) in [4.78, 5) is 3.68. The van der Waals surface area contributed by atoms with Crippen LogP contribution in [0.4, 0.5) is 0 Å². The van der Waals surface area contributed by atoms with Gasteiger partial charge in [-0.2, -0.15) is 0 Å². The molecule has 1 aromatic heterocycles. The Morgan fingerprint density at radius 3 is 1.90 bits per heavy atom. The Kier molecular flexibility index (Phi) is 5.91. The summed E-state index contributed by atoms with van der Waals surface area (Å²) in [5.74, 6) is 1.71. The SMILES string of the molecule is c1ccc(Oc2c(Cc3cccc4c3[nH]c3ccccc34)ccc(-c3ccccc3)c2-c2ccccc2)cc1. The lowest BCUT2D eigenvalue weighted by Crippen LogP contribution is -1.99. The number of H-pyrrole nitrogens is 1. The molecule has 0 saturated heterocycles. The molecule has 39 heavy (non-hydrogen) atoms. The van der Waals surface area contributed by atoms with E-state index >= 15 is 0 Å². The molecule has 2 heteroatoms. The molecule has 1 N–H and O–H groups in total. The van der Waals surface area contributed by atoms with Crippen molar-refractivity contribution < 1.29 is 4.74 Å². The lowest BCUT2D eigenvalue weighted by molar-refractivity contribution is 0.479. The zero-order chi connectivity index (χ0) is 26.0. The number of hydrogen-bond acceptors (Lipinski definition) is 1. The smallest absolute Gasteiger partial charge is 0.139 e. The van der Waals surface area contributed by atoms with E-state index in [1.807, 2.05) is 30.3 Å². The number of para-hydroxylation sites is 3. The summed E-state index contributed by atoms with van der Waals surface area (Å²) in [6.07, 6.45) is 0.737. The van der Waals surface area contributed by atoms with Gasteiger partial charge in [0.15, 0.2) is 0 Å². The monoisotopic (exact) mass is 501 g/mol. The highest BCUT2D eigenvalue weighted by Crippen LogP contribution is 2.44. The Morgan fingerprint density at radius 1 is 0.487 bits per heavy atom. The van der Waals surface area contributed by atoms with Crippen molar-refractivity contribution in [2.45, 2.75) is 6.42 Å². The number of aromatic amines is 1. The molecule has 0 saturated carbocycles. The zero-order valence-corrected chi connectivity index (χ0v) is 21.5. The number of aromatic nitrogens is 1. The lowest BCUT2D eigenvalue weighted by atomic mass is 9.89. The van der Waals surface area contributed by atoms with E-state index in [4.69, 9.17) is 4.74 Å². The molecule has 0 radical (unpaired) electrons. The maximum absolute atomic E-state index is 6.79. The van der Waals surface area contributed by atoms with E-state index in [1.165, 1.54) is 27.4 Å². The highest BCUT2D eigenvalue weighted by molar-refractivity contribution is 6.08. The highest BCUT2D eigenvalue weighted by Gasteiger charge is 2.20. The van der Waals surface area contributed by atoms with E-state index in [1.54, 1.807) is 0 Å². The molecule has 0 aliphatic heterocycles. The topological polar surface area (TPSA) is 25.0 Å². The van der Waals surface area contributed by atoms with Gasteiger partial charge in [0, 0.05) is 28.3 Å². The van der Waals surface area contributed by atoms with Crippen LogP contribution in [0.1, 0.15) is 11.1 Å². The van der Waals surface area contributed by atoms with Crippen molar-refractivity contribution in [3.8, 4) is 33.8 Å². The second kappa shape index (κ2) is 10.00. The lowest BCUT2D eigenvalue weighted by Gasteiger charge is -2.20. The van der Waals surface area contributed by atoms with Gasteiger partial charge in [-0.15, -0.1) is 0 Å². The molecule has 6 aromatic carbocycles. The van der Waals surface area contributed by atoms with Crippen LogP contribution in [-0.2, 0) is 6.42 Å². The van der Waals surface area contributed by atoms with Crippen molar-refractivity contribution in [3.63, 3.8) is 0 Å². The number of hydrogen-bond donors (Lipinski definition) is 1. The number of fused-ring (bicyclic) bond motifs is 3. The van der Waals surface area contributed by atoms with Crippen LogP contribution in [0.3, 0.4) is 0 Å². The normalized spacial score (nSPS) is 11.2.